The Balaban J connectivity index is 1.89. The zero-order valence-corrected chi connectivity index (χ0v) is 24.3. The van der Waals surface area contributed by atoms with Crippen LogP contribution in [0.5, 0.6) is 5.75 Å². The number of carbonyl (C=O) groups is 4. The number of rotatable bonds is 17. The number of thioether (sulfide) groups is 1. The molecule has 0 aliphatic carbocycles. The van der Waals surface area contributed by atoms with Gasteiger partial charge in [0, 0.05) is 0 Å². The Bertz CT molecular complexity index is 1120. The molecule has 0 unspecified atom stereocenters. The first-order chi connectivity index (χ1) is 19.6. The summed E-state index contributed by atoms with van der Waals surface area (Å²) in [6.07, 6.45) is 3.59. The molecule has 8 N–H and O–H groups in total. The van der Waals surface area contributed by atoms with E-state index in [1.54, 1.807) is 23.9 Å². The summed E-state index contributed by atoms with van der Waals surface area (Å²) in [5, 5.41) is 29.5. The van der Waals surface area contributed by atoms with Gasteiger partial charge in [-0.3, -0.25) is 19.2 Å². The molecule has 224 valence electrons. The molecule has 0 fully saturated rings. The number of benzene rings is 2. The standard InChI is InChI=1S/C29H41N5O6S/c1-19(32-28(39)24(30)16-21-8-11-23(36)12-9-21)27(38)31-17-26(37)34-25(13-10-20-6-4-3-5-7-20)29(40)33-22(18-35)14-15-41-2/h3-9,11-12,19,22,24-25,35-36H,10,13-18,30H2,1-2H3,(H,31,38)(H,32,39)(H,33,40)(H,34,37)/t19-,22+,24+,25+/m1/s1. The second-order valence-electron chi connectivity index (χ2n) is 9.74. The monoisotopic (exact) mass is 587 g/mol. The highest BCUT2D eigenvalue weighted by Crippen LogP contribution is 2.11. The van der Waals surface area contributed by atoms with Crippen LogP contribution in [0.4, 0.5) is 0 Å². The lowest BCUT2D eigenvalue weighted by atomic mass is 10.0. The summed E-state index contributed by atoms with van der Waals surface area (Å²) in [6.45, 7) is 0.853. The van der Waals surface area contributed by atoms with Crippen molar-refractivity contribution < 1.29 is 29.4 Å². The quantitative estimate of drug-likeness (QED) is 0.137. The van der Waals surface area contributed by atoms with Crippen molar-refractivity contribution in [1.82, 2.24) is 21.3 Å². The van der Waals surface area contributed by atoms with Gasteiger partial charge in [-0.2, -0.15) is 11.8 Å². The van der Waals surface area contributed by atoms with E-state index in [1.165, 1.54) is 19.1 Å². The van der Waals surface area contributed by atoms with Crippen molar-refractivity contribution in [1.29, 1.82) is 0 Å². The molecular weight excluding hydrogens is 546 g/mol. The zero-order valence-electron chi connectivity index (χ0n) is 23.5. The van der Waals surface area contributed by atoms with E-state index < -0.39 is 54.3 Å². The minimum absolute atomic E-state index is 0.102. The number of aromatic hydroxyl groups is 1. The fourth-order valence-corrected chi connectivity index (χ4v) is 4.45. The van der Waals surface area contributed by atoms with Crippen molar-refractivity contribution in [2.24, 2.45) is 5.73 Å². The lowest BCUT2D eigenvalue weighted by molar-refractivity contribution is -0.131. The molecule has 0 aliphatic rings. The van der Waals surface area contributed by atoms with E-state index in [-0.39, 0.29) is 18.8 Å². The maximum Gasteiger partial charge on any atom is 0.242 e. The van der Waals surface area contributed by atoms with Gasteiger partial charge in [0.15, 0.2) is 0 Å². The minimum atomic E-state index is -0.958. The Morgan fingerprint density at radius 1 is 0.878 bits per heavy atom. The number of aliphatic hydroxyl groups is 1. The lowest BCUT2D eigenvalue weighted by Gasteiger charge is -2.23. The number of nitrogens with one attached hydrogen (secondary N) is 4. The second-order valence-corrected chi connectivity index (χ2v) is 10.7. The summed E-state index contributed by atoms with van der Waals surface area (Å²) in [5.74, 6) is -1.25. The van der Waals surface area contributed by atoms with Gasteiger partial charge in [0.2, 0.25) is 23.6 Å². The molecule has 0 aromatic heterocycles. The van der Waals surface area contributed by atoms with Gasteiger partial charge in [0.05, 0.1) is 25.2 Å². The molecule has 2 aromatic rings. The van der Waals surface area contributed by atoms with E-state index >= 15 is 0 Å². The molecule has 2 rings (SSSR count). The van der Waals surface area contributed by atoms with Crippen molar-refractivity contribution in [3.63, 3.8) is 0 Å². The molecule has 0 radical (unpaired) electrons. The van der Waals surface area contributed by atoms with Gasteiger partial charge in [-0.1, -0.05) is 42.5 Å². The fourth-order valence-electron chi connectivity index (χ4n) is 3.93. The van der Waals surface area contributed by atoms with Gasteiger partial charge < -0.3 is 37.2 Å². The topological polar surface area (TPSA) is 183 Å². The number of carbonyl (C=O) groups excluding carboxylic acids is 4. The van der Waals surface area contributed by atoms with Gasteiger partial charge >= 0.3 is 0 Å². The second kappa shape index (κ2) is 17.9. The first-order valence-corrected chi connectivity index (χ1v) is 14.9. The predicted molar refractivity (Wildman–Crippen MR) is 159 cm³/mol. The van der Waals surface area contributed by atoms with Crippen molar-refractivity contribution >= 4 is 35.4 Å². The molecule has 4 amide bonds. The van der Waals surface area contributed by atoms with Gasteiger partial charge in [-0.25, -0.2) is 0 Å². The molecule has 12 heteroatoms. The van der Waals surface area contributed by atoms with Crippen LogP contribution in [-0.4, -0.2) is 83.2 Å². The number of aryl methyl sites for hydroxylation is 1. The Morgan fingerprint density at radius 3 is 2.20 bits per heavy atom. The summed E-state index contributed by atoms with van der Waals surface area (Å²) in [5.41, 5.74) is 7.71. The van der Waals surface area contributed by atoms with Crippen LogP contribution >= 0.6 is 11.8 Å². The highest BCUT2D eigenvalue weighted by molar-refractivity contribution is 7.98. The summed E-state index contributed by atoms with van der Waals surface area (Å²) >= 11 is 1.60. The summed E-state index contributed by atoms with van der Waals surface area (Å²) in [4.78, 5) is 50.7. The Morgan fingerprint density at radius 2 is 1.56 bits per heavy atom. The van der Waals surface area contributed by atoms with Crippen LogP contribution in [0.25, 0.3) is 0 Å². The normalized spacial score (nSPS) is 13.8. The summed E-state index contributed by atoms with van der Waals surface area (Å²) in [6, 6.07) is 12.6. The van der Waals surface area contributed by atoms with Gasteiger partial charge in [-0.05, 0) is 67.9 Å². The summed E-state index contributed by atoms with van der Waals surface area (Å²) in [7, 11) is 0. The number of hydrogen-bond acceptors (Lipinski definition) is 8. The van der Waals surface area contributed by atoms with E-state index in [4.69, 9.17) is 5.73 Å². The molecule has 4 atom stereocenters. The van der Waals surface area contributed by atoms with Crippen LogP contribution in [0.1, 0.15) is 30.9 Å². The number of phenolic OH excluding ortho intramolecular Hbond substituents is 1. The third kappa shape index (κ3) is 12.6. The van der Waals surface area contributed by atoms with E-state index in [2.05, 4.69) is 21.3 Å². The first kappa shape index (κ1) is 33.6. The third-order valence-electron chi connectivity index (χ3n) is 6.36. The maximum absolute atomic E-state index is 13.0. The van der Waals surface area contributed by atoms with Gasteiger partial charge in [0.25, 0.3) is 0 Å². The maximum atomic E-state index is 13.0. The molecule has 11 nitrogen and oxygen atoms in total. The number of amides is 4. The number of hydrogen-bond donors (Lipinski definition) is 7. The molecule has 0 bridgehead atoms. The average Bonchev–Trinajstić information content (AvgIpc) is 2.97. The van der Waals surface area contributed by atoms with Crippen LogP contribution < -0.4 is 27.0 Å². The average molecular weight is 588 g/mol. The van der Waals surface area contributed by atoms with Crippen LogP contribution in [0.2, 0.25) is 0 Å². The van der Waals surface area contributed by atoms with Crippen molar-refractivity contribution in [3.8, 4) is 5.75 Å². The molecular formula is C29H41N5O6S. The zero-order chi connectivity index (χ0) is 30.2. The lowest BCUT2D eigenvalue weighted by Crippen LogP contribution is -2.54. The smallest absolute Gasteiger partial charge is 0.242 e. The van der Waals surface area contributed by atoms with Crippen LogP contribution in [0.3, 0.4) is 0 Å². The van der Waals surface area contributed by atoms with Crippen molar-refractivity contribution in [2.45, 2.75) is 56.8 Å². The molecule has 0 spiro atoms. The van der Waals surface area contributed by atoms with Crippen molar-refractivity contribution in [2.75, 3.05) is 25.2 Å². The van der Waals surface area contributed by atoms with E-state index in [0.717, 1.165) is 16.9 Å². The van der Waals surface area contributed by atoms with E-state index in [9.17, 15) is 29.4 Å². The van der Waals surface area contributed by atoms with Gasteiger partial charge in [-0.15, -0.1) is 0 Å². The number of phenols is 1. The van der Waals surface area contributed by atoms with E-state index in [1.807, 2.05) is 36.6 Å². The Hall–Kier alpha value is -3.61. The van der Waals surface area contributed by atoms with Crippen LogP contribution in [0, 0.1) is 0 Å². The van der Waals surface area contributed by atoms with Crippen molar-refractivity contribution in [3.05, 3.63) is 65.7 Å². The molecule has 0 heterocycles. The first-order valence-electron chi connectivity index (χ1n) is 13.5. The van der Waals surface area contributed by atoms with Gasteiger partial charge in [0.1, 0.15) is 17.8 Å². The molecule has 2 aromatic carbocycles. The largest absolute Gasteiger partial charge is 0.508 e. The molecule has 0 saturated heterocycles. The third-order valence-corrected chi connectivity index (χ3v) is 7.00. The Kier molecular flexibility index (Phi) is 14.7. The number of aliphatic hydroxyl groups excluding tert-OH is 1. The predicted octanol–water partition coefficient (Wildman–Crippen LogP) is 0.231. The minimum Gasteiger partial charge on any atom is -0.508 e. The van der Waals surface area contributed by atoms with Crippen LogP contribution in [-0.2, 0) is 32.0 Å². The summed E-state index contributed by atoms with van der Waals surface area (Å²) < 4.78 is 0. The fraction of sp³-hybridized carbons (Fsp3) is 0.448. The SMILES string of the molecule is CSCC[C@@H](CO)NC(=O)[C@H](CCc1ccccc1)NC(=O)CNC(=O)[C@@H](C)NC(=O)[C@@H](N)Cc1ccc(O)cc1. The highest BCUT2D eigenvalue weighted by Gasteiger charge is 2.25. The number of nitrogens with two attached hydrogens (primary N) is 1. The Labute approximate surface area is 245 Å². The highest BCUT2D eigenvalue weighted by atomic mass is 32.2. The molecule has 0 aliphatic heterocycles. The van der Waals surface area contributed by atoms with E-state index in [0.29, 0.717) is 19.3 Å². The molecule has 41 heavy (non-hydrogen) atoms. The molecule has 0 saturated carbocycles. The van der Waals surface area contributed by atoms with Crippen LogP contribution in [0.15, 0.2) is 54.6 Å².